The quantitative estimate of drug-likeness (QED) is 0.0490. The van der Waals surface area contributed by atoms with Crippen molar-refractivity contribution in [2.24, 2.45) is 29.4 Å². The summed E-state index contributed by atoms with van der Waals surface area (Å²) in [7, 11) is -14.2. The van der Waals surface area contributed by atoms with Gasteiger partial charge in [0.2, 0.25) is 0 Å². The first-order chi connectivity index (χ1) is 23.8. The van der Waals surface area contributed by atoms with Crippen LogP contribution < -0.4 is 126 Å². The number of halogens is 1. The molecule has 1 aliphatic heterocycles. The maximum absolute atomic E-state index is 14.0. The largest absolute Gasteiger partial charge is 1.00 e. The SMILES string of the molecule is NC1C2C(=O)C3CCCCC3C(=O)C2C(NC2CCC(S(=O)(=O)[O-])C(NC3NC(Cl)NC(NC4CCCC(S(=O)(=O)[O-])C4)N3)C2)CC1S(=O)(=O)[O-].[Na+].[Na+].[Na+]. The molecule has 18 nitrogen and oxygen atoms in total. The second-order valence-corrected chi connectivity index (χ2v) is 20.4. The van der Waals surface area contributed by atoms with Crippen LogP contribution in [-0.2, 0) is 39.9 Å². The fourth-order valence-electron chi connectivity index (χ4n) is 9.73. The Kier molecular flexibility index (Phi) is 19.0. The number of carbonyl (C=O) groups excluding carboxylic acids is 2. The number of carbonyl (C=O) groups is 2. The standard InChI is InChI=1S/C29H50ClN7O11S3.3Na/c30-27-35-28(33-13-4-3-5-15(10-13)49(40,41)42)37-29(36-27)34-18-11-14(8-9-20(18)50(43,44)45)32-19-12-21(51(46,47)48)24(31)23-22(19)25(38)16-6-1-2-7-17(16)26(23)39;;;/h13-24,27-29,32-37H,1-12,31H2,(H,40,41,42)(H,43,44,45)(H,46,47,48);;;/q;3*+1/p-3. The molecule has 6 rings (SSSR count). The van der Waals surface area contributed by atoms with Gasteiger partial charge in [-0.2, -0.15) is 0 Å². The van der Waals surface area contributed by atoms with Crippen LogP contribution in [0.4, 0.5) is 0 Å². The number of rotatable bonds is 9. The van der Waals surface area contributed by atoms with Gasteiger partial charge >= 0.3 is 88.7 Å². The minimum absolute atomic E-state index is 0. The van der Waals surface area contributed by atoms with E-state index >= 15 is 0 Å². The molecule has 0 spiro atoms. The van der Waals surface area contributed by atoms with Crippen molar-refractivity contribution in [1.82, 2.24) is 31.9 Å². The average Bonchev–Trinajstić information content (AvgIpc) is 3.02. The van der Waals surface area contributed by atoms with Gasteiger partial charge in [0.1, 0.15) is 29.8 Å². The Balaban J connectivity index is 0.00000261. The molecule has 0 aromatic rings. The van der Waals surface area contributed by atoms with Gasteiger partial charge in [-0.15, -0.1) is 0 Å². The van der Waals surface area contributed by atoms with Gasteiger partial charge in [-0.3, -0.25) is 36.2 Å². The van der Waals surface area contributed by atoms with Crippen molar-refractivity contribution in [3.8, 4) is 0 Å². The van der Waals surface area contributed by atoms with Gasteiger partial charge in [0.05, 0.1) is 46.1 Å². The van der Waals surface area contributed by atoms with Crippen LogP contribution in [0, 0.1) is 23.7 Å². The van der Waals surface area contributed by atoms with Crippen molar-refractivity contribution in [3.63, 3.8) is 0 Å². The molecule has 0 amide bonds. The molecule has 54 heavy (non-hydrogen) atoms. The fourth-order valence-corrected chi connectivity index (χ4v) is 12.9. The maximum atomic E-state index is 14.0. The van der Waals surface area contributed by atoms with Crippen LogP contribution in [0.25, 0.3) is 0 Å². The molecule has 0 radical (unpaired) electrons. The number of fused-ring (bicyclic) bond motifs is 2. The fraction of sp³-hybridized carbons (Fsp3) is 0.931. The number of hydrogen-bond donors (Lipinski definition) is 7. The number of alkyl halides is 1. The number of nitrogens with two attached hydrogens (primary N) is 1. The third-order valence-corrected chi connectivity index (χ3v) is 16.1. The van der Waals surface area contributed by atoms with Crippen LogP contribution in [0.2, 0.25) is 0 Å². The minimum atomic E-state index is -4.96. The molecular weight excluding hydrogens is 823 g/mol. The molecule has 6 fully saturated rings. The van der Waals surface area contributed by atoms with Crippen molar-refractivity contribution in [3.05, 3.63) is 0 Å². The summed E-state index contributed by atoms with van der Waals surface area (Å²) in [6, 6.07) is -4.09. The summed E-state index contributed by atoms with van der Waals surface area (Å²) in [5.41, 5.74) is 5.46. The van der Waals surface area contributed by atoms with Gasteiger partial charge in [0, 0.05) is 53.9 Å². The zero-order chi connectivity index (χ0) is 37.0. The van der Waals surface area contributed by atoms with Gasteiger partial charge in [0.15, 0.2) is 0 Å². The van der Waals surface area contributed by atoms with Crippen molar-refractivity contribution in [1.29, 1.82) is 0 Å². The van der Waals surface area contributed by atoms with Crippen molar-refractivity contribution >= 4 is 53.5 Å². The molecule has 6 aliphatic rings. The monoisotopic (exact) mass is 869 g/mol. The molecular formula is C29H47ClN7Na3O11S3. The van der Waals surface area contributed by atoms with Crippen LogP contribution in [0.1, 0.15) is 77.0 Å². The van der Waals surface area contributed by atoms with Crippen LogP contribution >= 0.6 is 11.6 Å². The summed E-state index contributed by atoms with van der Waals surface area (Å²) < 4.78 is 109. The molecule has 1 heterocycles. The summed E-state index contributed by atoms with van der Waals surface area (Å²) in [6.07, 6.45) is 2.35. The Labute approximate surface area is 388 Å². The number of nitrogens with one attached hydrogen (secondary N) is 6. The summed E-state index contributed by atoms with van der Waals surface area (Å²) in [6.45, 7) is 0. The summed E-state index contributed by atoms with van der Waals surface area (Å²) in [5, 5.41) is 14.7. The Morgan fingerprint density at radius 2 is 1.15 bits per heavy atom. The number of ketones is 2. The van der Waals surface area contributed by atoms with E-state index in [1.54, 1.807) is 0 Å². The molecule has 15 unspecified atom stereocenters. The van der Waals surface area contributed by atoms with Crippen molar-refractivity contribution in [2.75, 3.05) is 0 Å². The van der Waals surface area contributed by atoms with Gasteiger partial charge in [-0.1, -0.05) is 30.9 Å². The predicted molar refractivity (Wildman–Crippen MR) is 179 cm³/mol. The van der Waals surface area contributed by atoms with E-state index in [0.717, 1.165) is 12.8 Å². The van der Waals surface area contributed by atoms with E-state index < -0.39 is 112 Å². The van der Waals surface area contributed by atoms with Gasteiger partial charge in [-0.25, -0.2) is 25.3 Å². The summed E-state index contributed by atoms with van der Waals surface area (Å²) in [5.74, 6) is -3.62. The Morgan fingerprint density at radius 1 is 0.593 bits per heavy atom. The van der Waals surface area contributed by atoms with E-state index in [-0.39, 0.29) is 145 Å². The molecule has 0 aromatic carbocycles. The van der Waals surface area contributed by atoms with Crippen LogP contribution in [-0.4, -0.2) is 115 Å². The second-order valence-electron chi connectivity index (χ2n) is 15.2. The van der Waals surface area contributed by atoms with Gasteiger partial charge in [0.25, 0.3) is 0 Å². The van der Waals surface area contributed by atoms with E-state index in [2.05, 4.69) is 31.9 Å². The molecule has 292 valence electrons. The van der Waals surface area contributed by atoms with Gasteiger partial charge < -0.3 is 24.7 Å². The minimum Gasteiger partial charge on any atom is -0.748 e. The van der Waals surface area contributed by atoms with Crippen LogP contribution in [0.5, 0.6) is 0 Å². The van der Waals surface area contributed by atoms with E-state index in [1.807, 2.05) is 0 Å². The molecule has 15 atom stereocenters. The third kappa shape index (κ3) is 11.7. The molecule has 1 saturated heterocycles. The second kappa shape index (κ2) is 20.3. The zero-order valence-corrected chi connectivity index (χ0v) is 40.0. The summed E-state index contributed by atoms with van der Waals surface area (Å²) >= 11 is 6.40. The maximum Gasteiger partial charge on any atom is 1.00 e. The average molecular weight is 870 g/mol. The van der Waals surface area contributed by atoms with Crippen LogP contribution in [0.3, 0.4) is 0 Å². The van der Waals surface area contributed by atoms with E-state index in [4.69, 9.17) is 17.3 Å². The topological polar surface area (TPSA) is 304 Å². The first-order valence-corrected chi connectivity index (χ1v) is 22.5. The number of Topliss-reactive ketones (excluding diaryl/α,β-unsaturated/α-hetero) is 2. The smallest absolute Gasteiger partial charge is 0.748 e. The first-order valence-electron chi connectivity index (χ1n) is 17.7. The van der Waals surface area contributed by atoms with E-state index in [1.165, 1.54) is 0 Å². The Morgan fingerprint density at radius 3 is 1.72 bits per heavy atom. The molecule has 5 saturated carbocycles. The normalized spacial score (nSPS) is 41.9. The van der Waals surface area contributed by atoms with Gasteiger partial charge in [-0.05, 0) is 57.8 Å². The predicted octanol–water partition coefficient (Wildman–Crippen LogP) is -11.5. The molecule has 0 bridgehead atoms. The first kappa shape index (κ1) is 50.4. The van der Waals surface area contributed by atoms with E-state index in [9.17, 15) is 48.5 Å². The Hall–Kier alpha value is 2.08. The molecule has 8 N–H and O–H groups in total. The number of hydrogen-bond acceptors (Lipinski definition) is 18. The van der Waals surface area contributed by atoms with E-state index in [0.29, 0.717) is 25.7 Å². The van der Waals surface area contributed by atoms with Crippen molar-refractivity contribution in [2.45, 2.75) is 141 Å². The molecule has 5 aliphatic carbocycles. The summed E-state index contributed by atoms with van der Waals surface area (Å²) in [4.78, 5) is 27.8. The van der Waals surface area contributed by atoms with Crippen molar-refractivity contribution < 1.29 is 137 Å². The third-order valence-electron chi connectivity index (χ3n) is 12.1. The zero-order valence-electron chi connectivity index (χ0n) is 30.8. The molecule has 25 heteroatoms. The van der Waals surface area contributed by atoms with Crippen LogP contribution in [0.15, 0.2) is 0 Å². The Bertz CT molecular complexity index is 1670. The molecule has 0 aromatic heterocycles.